The van der Waals surface area contributed by atoms with Crippen LogP contribution < -0.4 is 11.1 Å². The van der Waals surface area contributed by atoms with E-state index in [1.54, 1.807) is 0 Å². The third-order valence-electron chi connectivity index (χ3n) is 1.91. The molecule has 0 spiro atoms. The van der Waals surface area contributed by atoms with Crippen molar-refractivity contribution in [3.05, 3.63) is 0 Å². The molecule has 4 heteroatoms. The van der Waals surface area contributed by atoms with E-state index in [-0.39, 0.29) is 11.8 Å². The molecule has 0 aromatic heterocycles. The Morgan fingerprint density at radius 2 is 2.15 bits per heavy atom. The van der Waals surface area contributed by atoms with Gasteiger partial charge in [0.2, 0.25) is 5.91 Å². The van der Waals surface area contributed by atoms with Crippen LogP contribution in [0.2, 0.25) is 0 Å². The molecule has 0 aromatic carbocycles. The first kappa shape index (κ1) is 12.4. The fourth-order valence-electron chi connectivity index (χ4n) is 0.958. The molecule has 1 atom stereocenters. The summed E-state index contributed by atoms with van der Waals surface area (Å²) in [5, 5.41) is 2.86. The Hall–Kier alpha value is -0.610. The molecule has 1 unspecified atom stereocenters. The largest absolute Gasteiger partial charge is 0.355 e. The van der Waals surface area contributed by atoms with E-state index in [1.165, 1.54) is 0 Å². The minimum Gasteiger partial charge on any atom is -0.355 e. The lowest BCUT2D eigenvalue weighted by Crippen LogP contribution is -2.35. The summed E-state index contributed by atoms with van der Waals surface area (Å²) in [6.07, 6.45) is 0.758. The summed E-state index contributed by atoms with van der Waals surface area (Å²) in [6, 6.07) is 0. The summed E-state index contributed by atoms with van der Waals surface area (Å²) in [5.74, 6) is 0.138. The number of nitrogens with two attached hydrogens (primary N) is 1. The molecule has 1 amide bonds. The molecule has 0 saturated heterocycles. The standard InChI is InChI=1S/C9H21N3O/c1-8(4-5-10)9(13)11-6-7-12(2)3/h8H,4-7,10H2,1-3H3,(H,11,13). The van der Waals surface area contributed by atoms with Gasteiger partial charge in [0.05, 0.1) is 0 Å². The molecule has 0 fully saturated rings. The number of carbonyl (C=O) groups is 1. The lowest BCUT2D eigenvalue weighted by atomic mass is 10.1. The maximum atomic E-state index is 11.3. The summed E-state index contributed by atoms with van der Waals surface area (Å²) in [7, 11) is 3.96. The Bertz CT molecular complexity index is 148. The van der Waals surface area contributed by atoms with Crippen LogP contribution >= 0.6 is 0 Å². The Balaban J connectivity index is 3.50. The minimum atomic E-state index is 0.0344. The molecule has 13 heavy (non-hydrogen) atoms. The molecule has 78 valence electrons. The molecule has 0 rings (SSSR count). The minimum absolute atomic E-state index is 0.0344. The third-order valence-corrected chi connectivity index (χ3v) is 1.91. The van der Waals surface area contributed by atoms with Crippen molar-refractivity contribution in [3.8, 4) is 0 Å². The SMILES string of the molecule is CC(CCN)C(=O)NCCN(C)C. The Morgan fingerprint density at radius 3 is 2.62 bits per heavy atom. The van der Waals surface area contributed by atoms with Gasteiger partial charge in [-0.1, -0.05) is 6.92 Å². The van der Waals surface area contributed by atoms with Gasteiger partial charge in [-0.3, -0.25) is 4.79 Å². The van der Waals surface area contributed by atoms with Crippen LogP contribution in [-0.2, 0) is 4.79 Å². The average molecular weight is 187 g/mol. The van der Waals surface area contributed by atoms with E-state index in [0.29, 0.717) is 13.1 Å². The average Bonchev–Trinajstić information content (AvgIpc) is 2.04. The highest BCUT2D eigenvalue weighted by Crippen LogP contribution is 1.98. The maximum absolute atomic E-state index is 11.3. The second-order valence-corrected chi connectivity index (χ2v) is 3.57. The van der Waals surface area contributed by atoms with Gasteiger partial charge >= 0.3 is 0 Å². The molecule has 0 aliphatic rings. The first-order valence-corrected chi connectivity index (χ1v) is 4.70. The summed E-state index contributed by atoms with van der Waals surface area (Å²) >= 11 is 0. The molecule has 0 aliphatic heterocycles. The number of carbonyl (C=O) groups excluding carboxylic acids is 1. The maximum Gasteiger partial charge on any atom is 0.222 e. The van der Waals surface area contributed by atoms with E-state index in [1.807, 2.05) is 25.9 Å². The molecule has 0 aromatic rings. The van der Waals surface area contributed by atoms with Crippen molar-refractivity contribution in [2.45, 2.75) is 13.3 Å². The number of amides is 1. The van der Waals surface area contributed by atoms with Crippen LogP contribution in [0.5, 0.6) is 0 Å². The predicted octanol–water partition coefficient (Wildman–Crippen LogP) is -0.351. The van der Waals surface area contributed by atoms with Gasteiger partial charge in [0.1, 0.15) is 0 Å². The van der Waals surface area contributed by atoms with Gasteiger partial charge in [0.15, 0.2) is 0 Å². The summed E-state index contributed by atoms with van der Waals surface area (Å²) in [4.78, 5) is 13.4. The van der Waals surface area contributed by atoms with Crippen molar-refractivity contribution in [2.75, 3.05) is 33.7 Å². The summed E-state index contributed by atoms with van der Waals surface area (Å²) < 4.78 is 0. The lowest BCUT2D eigenvalue weighted by molar-refractivity contribution is -0.124. The quantitative estimate of drug-likeness (QED) is 0.597. The van der Waals surface area contributed by atoms with Gasteiger partial charge in [0.25, 0.3) is 0 Å². The highest BCUT2D eigenvalue weighted by Gasteiger charge is 2.10. The molecule has 4 nitrogen and oxygen atoms in total. The van der Waals surface area contributed by atoms with Crippen molar-refractivity contribution < 1.29 is 4.79 Å². The van der Waals surface area contributed by atoms with E-state index in [4.69, 9.17) is 5.73 Å². The number of likely N-dealkylation sites (N-methyl/N-ethyl adjacent to an activating group) is 1. The third kappa shape index (κ3) is 6.54. The van der Waals surface area contributed by atoms with Crippen LogP contribution in [0.25, 0.3) is 0 Å². The Morgan fingerprint density at radius 1 is 1.54 bits per heavy atom. The normalized spacial score (nSPS) is 13.0. The second-order valence-electron chi connectivity index (χ2n) is 3.57. The van der Waals surface area contributed by atoms with Crippen LogP contribution in [0, 0.1) is 5.92 Å². The number of nitrogens with one attached hydrogen (secondary N) is 1. The van der Waals surface area contributed by atoms with Crippen molar-refractivity contribution >= 4 is 5.91 Å². The number of rotatable bonds is 6. The topological polar surface area (TPSA) is 58.4 Å². The van der Waals surface area contributed by atoms with Crippen LogP contribution in [0.1, 0.15) is 13.3 Å². The van der Waals surface area contributed by atoms with Gasteiger partial charge in [-0.05, 0) is 27.1 Å². The zero-order valence-corrected chi connectivity index (χ0v) is 8.84. The zero-order chi connectivity index (χ0) is 10.3. The number of nitrogens with zero attached hydrogens (tertiary/aromatic N) is 1. The van der Waals surface area contributed by atoms with Gasteiger partial charge in [0, 0.05) is 19.0 Å². The zero-order valence-electron chi connectivity index (χ0n) is 8.84. The van der Waals surface area contributed by atoms with E-state index in [0.717, 1.165) is 13.0 Å². The van der Waals surface area contributed by atoms with E-state index >= 15 is 0 Å². The Kier molecular flexibility index (Phi) is 6.54. The summed E-state index contributed by atoms with van der Waals surface area (Å²) in [5.41, 5.74) is 5.36. The Labute approximate surface area is 80.5 Å². The fourth-order valence-corrected chi connectivity index (χ4v) is 0.958. The number of hydrogen-bond donors (Lipinski definition) is 2. The highest BCUT2D eigenvalue weighted by molar-refractivity contribution is 5.78. The van der Waals surface area contributed by atoms with E-state index in [9.17, 15) is 4.79 Å². The monoisotopic (exact) mass is 187 g/mol. The summed E-state index contributed by atoms with van der Waals surface area (Å²) in [6.45, 7) is 4.06. The first-order chi connectivity index (χ1) is 6.07. The van der Waals surface area contributed by atoms with Gasteiger partial charge in [-0.15, -0.1) is 0 Å². The smallest absolute Gasteiger partial charge is 0.222 e. The van der Waals surface area contributed by atoms with Crippen molar-refractivity contribution in [1.29, 1.82) is 0 Å². The lowest BCUT2D eigenvalue weighted by Gasteiger charge is -2.13. The van der Waals surface area contributed by atoms with Gasteiger partial charge in [-0.25, -0.2) is 0 Å². The molecule has 0 radical (unpaired) electrons. The highest BCUT2D eigenvalue weighted by atomic mass is 16.1. The van der Waals surface area contributed by atoms with Crippen LogP contribution in [-0.4, -0.2) is 44.5 Å². The fraction of sp³-hybridized carbons (Fsp3) is 0.889. The molecular weight excluding hydrogens is 166 g/mol. The van der Waals surface area contributed by atoms with Gasteiger partial charge in [-0.2, -0.15) is 0 Å². The molecule has 0 bridgehead atoms. The molecule has 0 heterocycles. The first-order valence-electron chi connectivity index (χ1n) is 4.70. The van der Waals surface area contributed by atoms with Crippen molar-refractivity contribution in [2.24, 2.45) is 11.7 Å². The second kappa shape index (κ2) is 6.86. The van der Waals surface area contributed by atoms with Crippen molar-refractivity contribution in [1.82, 2.24) is 10.2 Å². The molecule has 0 aliphatic carbocycles. The van der Waals surface area contributed by atoms with E-state index < -0.39 is 0 Å². The molecular formula is C9H21N3O. The van der Waals surface area contributed by atoms with Crippen molar-refractivity contribution in [3.63, 3.8) is 0 Å². The predicted molar refractivity (Wildman–Crippen MR) is 54.4 cm³/mol. The van der Waals surface area contributed by atoms with Crippen LogP contribution in [0.15, 0.2) is 0 Å². The number of hydrogen-bond acceptors (Lipinski definition) is 3. The van der Waals surface area contributed by atoms with Crippen LogP contribution in [0.3, 0.4) is 0 Å². The van der Waals surface area contributed by atoms with E-state index in [2.05, 4.69) is 5.32 Å². The molecule has 3 N–H and O–H groups in total. The molecule has 0 saturated carbocycles. The van der Waals surface area contributed by atoms with Gasteiger partial charge < -0.3 is 16.0 Å². The van der Waals surface area contributed by atoms with Crippen LogP contribution in [0.4, 0.5) is 0 Å².